The van der Waals surface area contributed by atoms with Gasteiger partial charge in [-0.1, -0.05) is 0 Å². The fraction of sp³-hybridized carbons (Fsp3) is 0.409. The molecule has 1 saturated carbocycles. The van der Waals surface area contributed by atoms with Crippen molar-refractivity contribution in [3.8, 4) is 0 Å². The van der Waals surface area contributed by atoms with Crippen LogP contribution in [0.2, 0.25) is 0 Å². The number of ether oxygens (including phenoxy) is 1. The number of halogens is 3. The van der Waals surface area contributed by atoms with E-state index in [-0.39, 0.29) is 24.9 Å². The molecule has 0 spiro atoms. The minimum atomic E-state index is -2.90. The van der Waals surface area contributed by atoms with Crippen LogP contribution in [0.5, 0.6) is 0 Å². The number of rotatable bonds is 6. The molecule has 2 N–H and O–H groups in total. The lowest BCUT2D eigenvalue weighted by Gasteiger charge is -2.28. The lowest BCUT2D eigenvalue weighted by molar-refractivity contribution is -0.135. The molecule has 5 rings (SSSR count). The SMILES string of the molecule is Cc1cc(F)cc2[nH]c(C(=O)N3CCn4ncc(C(=O)NC5(COC(F)F)CC5)c4C3)cc12. The highest BCUT2D eigenvalue weighted by Crippen LogP contribution is 2.36. The number of carbonyl (C=O) groups excluding carboxylic acids is 2. The summed E-state index contributed by atoms with van der Waals surface area (Å²) in [5.41, 5.74) is 1.67. The first-order valence-corrected chi connectivity index (χ1v) is 10.6. The molecule has 3 heterocycles. The number of aromatic amines is 1. The molecule has 174 valence electrons. The molecule has 3 aromatic rings. The van der Waals surface area contributed by atoms with Gasteiger partial charge in [-0.15, -0.1) is 0 Å². The van der Waals surface area contributed by atoms with Gasteiger partial charge in [0.25, 0.3) is 11.8 Å². The molecule has 0 bridgehead atoms. The minimum absolute atomic E-state index is 0.158. The first kappa shape index (κ1) is 21.5. The second-order valence-electron chi connectivity index (χ2n) is 8.63. The van der Waals surface area contributed by atoms with Crippen LogP contribution in [0.3, 0.4) is 0 Å². The standard InChI is InChI=1S/C22H22F3N5O3/c1-12-6-13(23)7-16-14(12)8-17(27-16)20(32)29-4-5-30-18(10-29)15(9-26-30)19(31)28-22(2-3-22)11-33-21(24)25/h6-9,21,27H,2-5,10-11H2,1H3,(H,28,31). The Morgan fingerprint density at radius 2 is 2.06 bits per heavy atom. The first-order valence-electron chi connectivity index (χ1n) is 10.6. The van der Waals surface area contributed by atoms with E-state index in [1.807, 2.05) is 0 Å². The van der Waals surface area contributed by atoms with Crippen LogP contribution in [0.25, 0.3) is 10.9 Å². The number of aromatic nitrogens is 3. The van der Waals surface area contributed by atoms with Crippen molar-refractivity contribution in [3.63, 3.8) is 0 Å². The van der Waals surface area contributed by atoms with Crippen molar-refractivity contribution in [2.24, 2.45) is 0 Å². The average molecular weight is 461 g/mol. The summed E-state index contributed by atoms with van der Waals surface area (Å²) in [7, 11) is 0. The molecule has 0 saturated heterocycles. The number of fused-ring (bicyclic) bond motifs is 2. The van der Waals surface area contributed by atoms with Crippen LogP contribution >= 0.6 is 0 Å². The molecule has 2 amide bonds. The van der Waals surface area contributed by atoms with Crippen LogP contribution in [0.15, 0.2) is 24.4 Å². The van der Waals surface area contributed by atoms with Crippen molar-refractivity contribution in [2.75, 3.05) is 13.2 Å². The van der Waals surface area contributed by atoms with Crippen molar-refractivity contribution in [1.29, 1.82) is 0 Å². The number of carbonyl (C=O) groups is 2. The van der Waals surface area contributed by atoms with Crippen LogP contribution < -0.4 is 5.32 Å². The quantitative estimate of drug-likeness (QED) is 0.591. The topological polar surface area (TPSA) is 92.3 Å². The highest BCUT2D eigenvalue weighted by atomic mass is 19.3. The van der Waals surface area contributed by atoms with E-state index < -0.39 is 18.1 Å². The van der Waals surface area contributed by atoms with Gasteiger partial charge in [-0.2, -0.15) is 13.9 Å². The number of hydrogen-bond donors (Lipinski definition) is 2. The number of nitrogens with one attached hydrogen (secondary N) is 2. The van der Waals surface area contributed by atoms with Gasteiger partial charge >= 0.3 is 6.61 Å². The molecular weight excluding hydrogens is 439 g/mol. The number of nitrogens with zero attached hydrogens (tertiary/aromatic N) is 3. The van der Waals surface area contributed by atoms with Crippen molar-refractivity contribution >= 4 is 22.7 Å². The number of H-pyrrole nitrogens is 1. The third kappa shape index (κ3) is 4.08. The molecule has 0 unspecified atom stereocenters. The van der Waals surface area contributed by atoms with Gasteiger partial charge in [-0.25, -0.2) is 4.39 Å². The van der Waals surface area contributed by atoms with Gasteiger partial charge in [-0.3, -0.25) is 14.3 Å². The molecule has 2 aromatic heterocycles. The Morgan fingerprint density at radius 3 is 2.79 bits per heavy atom. The van der Waals surface area contributed by atoms with E-state index in [1.54, 1.807) is 22.6 Å². The Morgan fingerprint density at radius 1 is 1.27 bits per heavy atom. The summed E-state index contributed by atoms with van der Waals surface area (Å²) in [4.78, 5) is 30.6. The summed E-state index contributed by atoms with van der Waals surface area (Å²) in [6.45, 7) is -0.425. The summed E-state index contributed by atoms with van der Waals surface area (Å²) in [6.07, 6.45) is 2.54. The summed E-state index contributed by atoms with van der Waals surface area (Å²) < 4.78 is 44.5. The zero-order valence-corrected chi connectivity index (χ0v) is 17.8. The minimum Gasteiger partial charge on any atom is -0.350 e. The Bertz CT molecular complexity index is 1250. The third-order valence-electron chi connectivity index (χ3n) is 6.26. The molecule has 2 aliphatic rings. The third-order valence-corrected chi connectivity index (χ3v) is 6.26. The highest BCUT2D eigenvalue weighted by Gasteiger charge is 2.45. The molecule has 0 radical (unpaired) electrons. The summed E-state index contributed by atoms with van der Waals surface area (Å²) >= 11 is 0. The van der Waals surface area contributed by atoms with Gasteiger partial charge in [0.05, 0.1) is 42.7 Å². The number of benzene rings is 1. The van der Waals surface area contributed by atoms with Crippen LogP contribution in [0.1, 0.15) is 44.9 Å². The van der Waals surface area contributed by atoms with E-state index in [4.69, 9.17) is 0 Å². The molecule has 1 aliphatic carbocycles. The molecule has 1 fully saturated rings. The predicted octanol–water partition coefficient (Wildman–Crippen LogP) is 2.97. The Hall–Kier alpha value is -3.34. The molecule has 8 nitrogen and oxygen atoms in total. The number of alkyl halides is 2. The fourth-order valence-electron chi connectivity index (χ4n) is 4.26. The van der Waals surface area contributed by atoms with Crippen molar-refractivity contribution in [1.82, 2.24) is 25.0 Å². The maximum absolute atomic E-state index is 13.7. The van der Waals surface area contributed by atoms with E-state index in [9.17, 15) is 22.8 Å². The van der Waals surface area contributed by atoms with E-state index in [1.165, 1.54) is 18.3 Å². The van der Waals surface area contributed by atoms with E-state index in [0.717, 1.165) is 10.9 Å². The Balaban J connectivity index is 1.33. The largest absolute Gasteiger partial charge is 0.350 e. The maximum atomic E-state index is 13.7. The second-order valence-corrected chi connectivity index (χ2v) is 8.63. The van der Waals surface area contributed by atoms with Crippen LogP contribution in [0.4, 0.5) is 13.2 Å². The first-order chi connectivity index (χ1) is 15.7. The van der Waals surface area contributed by atoms with Gasteiger partial charge < -0.3 is 19.9 Å². The summed E-state index contributed by atoms with van der Waals surface area (Å²) in [6, 6.07) is 4.46. The summed E-state index contributed by atoms with van der Waals surface area (Å²) in [5, 5.41) is 7.79. The molecule has 33 heavy (non-hydrogen) atoms. The number of aryl methyl sites for hydroxylation is 1. The van der Waals surface area contributed by atoms with Crippen molar-refractivity contribution in [3.05, 3.63) is 52.7 Å². The van der Waals surface area contributed by atoms with E-state index in [2.05, 4.69) is 20.1 Å². The van der Waals surface area contributed by atoms with Crippen molar-refractivity contribution in [2.45, 2.75) is 45.0 Å². The fourth-order valence-corrected chi connectivity index (χ4v) is 4.26. The van der Waals surface area contributed by atoms with Gasteiger partial charge in [0, 0.05) is 17.4 Å². The molecule has 11 heteroatoms. The molecule has 1 aromatic carbocycles. The monoisotopic (exact) mass is 461 g/mol. The molecule has 1 aliphatic heterocycles. The summed E-state index contributed by atoms with van der Waals surface area (Å²) in [5.74, 6) is -1.09. The van der Waals surface area contributed by atoms with E-state index >= 15 is 0 Å². The van der Waals surface area contributed by atoms with Gasteiger partial charge in [-0.05, 0) is 43.5 Å². The van der Waals surface area contributed by atoms with E-state index in [0.29, 0.717) is 48.4 Å². The van der Waals surface area contributed by atoms with Gasteiger partial charge in [0.15, 0.2) is 0 Å². The zero-order chi connectivity index (χ0) is 23.3. The molecule has 0 atom stereocenters. The lowest BCUT2D eigenvalue weighted by atomic mass is 10.1. The maximum Gasteiger partial charge on any atom is 0.345 e. The van der Waals surface area contributed by atoms with Gasteiger partial charge in [0.1, 0.15) is 11.5 Å². The Kier molecular flexibility index (Phi) is 5.15. The zero-order valence-electron chi connectivity index (χ0n) is 17.8. The molecular formula is C22H22F3N5O3. The second kappa shape index (κ2) is 7.91. The predicted molar refractivity (Wildman–Crippen MR) is 111 cm³/mol. The lowest BCUT2D eigenvalue weighted by Crippen LogP contribution is -2.42. The Labute approximate surface area is 186 Å². The average Bonchev–Trinajstić information content (AvgIpc) is 3.19. The van der Waals surface area contributed by atoms with Gasteiger partial charge in [0.2, 0.25) is 0 Å². The smallest absolute Gasteiger partial charge is 0.345 e. The normalized spacial score (nSPS) is 16.8. The highest BCUT2D eigenvalue weighted by molar-refractivity contribution is 5.99. The number of amides is 2. The van der Waals surface area contributed by atoms with Crippen LogP contribution in [-0.2, 0) is 17.8 Å². The van der Waals surface area contributed by atoms with Crippen LogP contribution in [-0.4, -0.2) is 56.8 Å². The number of hydrogen-bond acceptors (Lipinski definition) is 4. The van der Waals surface area contributed by atoms with Crippen LogP contribution in [0, 0.1) is 12.7 Å². The van der Waals surface area contributed by atoms with Crippen molar-refractivity contribution < 1.29 is 27.5 Å².